The Morgan fingerprint density at radius 1 is 1.07 bits per heavy atom. The van der Waals surface area contributed by atoms with Crippen molar-refractivity contribution in [2.24, 2.45) is 5.92 Å². The number of aromatic nitrogens is 5. The van der Waals surface area contributed by atoms with Gasteiger partial charge in [0, 0.05) is 61.1 Å². The molecule has 9 nitrogen and oxygen atoms in total. The maximum atomic E-state index is 17.0. The number of hydrogen-bond donors (Lipinski definition) is 1. The fourth-order valence-electron chi connectivity index (χ4n) is 8.21. The van der Waals surface area contributed by atoms with Gasteiger partial charge in [0.2, 0.25) is 0 Å². The van der Waals surface area contributed by atoms with Crippen LogP contribution >= 0.6 is 11.6 Å². The van der Waals surface area contributed by atoms with Crippen molar-refractivity contribution >= 4 is 45.0 Å². The molecule has 0 spiro atoms. The van der Waals surface area contributed by atoms with Gasteiger partial charge in [0.1, 0.15) is 35.6 Å². The van der Waals surface area contributed by atoms with E-state index in [1.807, 2.05) is 0 Å². The molecule has 236 valence electrons. The van der Waals surface area contributed by atoms with Gasteiger partial charge < -0.3 is 9.64 Å². The van der Waals surface area contributed by atoms with Crippen molar-refractivity contribution in [3.8, 4) is 17.3 Å². The minimum absolute atomic E-state index is 0.0790. The average Bonchev–Trinajstić information content (AvgIpc) is 3.73. The number of ketones is 1. The number of H-pyrrole nitrogens is 1. The zero-order valence-electron chi connectivity index (χ0n) is 25.1. The van der Waals surface area contributed by atoms with E-state index in [0.717, 1.165) is 50.8 Å². The average molecular weight is 636 g/mol. The SMILES string of the molecule is O=C1CCCc2c(Cl)cc3[nH]ncc3c2-c2ncc3c(nc(OC[C@@]45CCCN4C[C@H](F)C5)nc3c2F)N2CCC[C@@H](CC1)C2. The van der Waals surface area contributed by atoms with Crippen LogP contribution in [0.5, 0.6) is 6.01 Å². The van der Waals surface area contributed by atoms with E-state index in [4.69, 9.17) is 26.3 Å². The Hall–Kier alpha value is -3.44. The minimum atomic E-state index is -0.885. The fraction of sp³-hybridized carbons (Fsp3) is 0.545. The highest BCUT2D eigenvalue weighted by atomic mass is 35.5. The Bertz CT molecular complexity index is 1800. The lowest BCUT2D eigenvalue weighted by atomic mass is 9.90. The molecule has 9 rings (SSSR count). The maximum Gasteiger partial charge on any atom is 0.319 e. The van der Waals surface area contributed by atoms with Crippen molar-refractivity contribution in [2.45, 2.75) is 75.9 Å². The summed E-state index contributed by atoms with van der Waals surface area (Å²) in [5.41, 5.74) is 1.80. The first-order chi connectivity index (χ1) is 21.9. The van der Waals surface area contributed by atoms with Gasteiger partial charge in [0.15, 0.2) is 5.82 Å². The molecule has 3 aromatic heterocycles. The number of aromatic amines is 1. The number of nitrogens with one attached hydrogen (secondary N) is 1. The van der Waals surface area contributed by atoms with Gasteiger partial charge in [-0.1, -0.05) is 11.6 Å². The lowest BCUT2D eigenvalue weighted by Gasteiger charge is -2.34. The number of alkyl halides is 1. The van der Waals surface area contributed by atoms with Crippen LogP contribution in [0.4, 0.5) is 14.6 Å². The molecule has 5 aliphatic heterocycles. The monoisotopic (exact) mass is 635 g/mol. The number of piperidine rings is 1. The highest BCUT2D eigenvalue weighted by Gasteiger charge is 2.49. The number of hydrogen-bond acceptors (Lipinski definition) is 8. The molecule has 1 aromatic carbocycles. The lowest BCUT2D eigenvalue weighted by Crippen LogP contribution is -2.43. The molecule has 0 saturated carbocycles. The van der Waals surface area contributed by atoms with Gasteiger partial charge in [-0.3, -0.25) is 19.8 Å². The first-order valence-corrected chi connectivity index (χ1v) is 16.6. The van der Waals surface area contributed by atoms with Crippen LogP contribution in [0.25, 0.3) is 33.1 Å². The Morgan fingerprint density at radius 3 is 2.89 bits per heavy atom. The normalized spacial score (nSPS) is 25.8. The van der Waals surface area contributed by atoms with E-state index in [1.165, 1.54) is 0 Å². The van der Waals surface area contributed by atoms with Crippen LogP contribution in [0.1, 0.15) is 63.4 Å². The van der Waals surface area contributed by atoms with Gasteiger partial charge in [0.05, 0.1) is 22.6 Å². The molecule has 3 saturated heterocycles. The van der Waals surface area contributed by atoms with Gasteiger partial charge in [-0.2, -0.15) is 15.1 Å². The Morgan fingerprint density at radius 2 is 1.98 bits per heavy atom. The number of rotatable bonds is 3. The van der Waals surface area contributed by atoms with Crippen molar-refractivity contribution in [3.63, 3.8) is 0 Å². The highest BCUT2D eigenvalue weighted by molar-refractivity contribution is 6.33. The van der Waals surface area contributed by atoms with Crippen LogP contribution in [0.15, 0.2) is 18.5 Å². The summed E-state index contributed by atoms with van der Waals surface area (Å²) in [6.45, 7) is 2.96. The number of nitrogens with zero attached hydrogens (tertiary/aromatic N) is 6. The zero-order valence-corrected chi connectivity index (χ0v) is 25.9. The van der Waals surface area contributed by atoms with Crippen molar-refractivity contribution in [2.75, 3.05) is 37.7 Å². The number of fused-ring (bicyclic) bond motifs is 8. The zero-order chi connectivity index (χ0) is 30.7. The third-order valence-electron chi connectivity index (χ3n) is 10.4. The number of ether oxygens (including phenoxy) is 1. The summed E-state index contributed by atoms with van der Waals surface area (Å²) in [4.78, 5) is 31.5. The number of benzene rings is 1. The van der Waals surface area contributed by atoms with Crippen LogP contribution < -0.4 is 9.64 Å². The van der Waals surface area contributed by atoms with Crippen LogP contribution in [0.2, 0.25) is 5.02 Å². The number of carbonyl (C=O) groups excluding carboxylic acids is 1. The molecule has 4 aromatic rings. The summed E-state index contributed by atoms with van der Waals surface area (Å²) in [6, 6.07) is 1.87. The second-order valence-corrected chi connectivity index (χ2v) is 13.7. The Labute approximate surface area is 264 Å². The molecule has 8 heterocycles. The molecule has 0 unspecified atom stereocenters. The maximum absolute atomic E-state index is 17.0. The molecule has 5 aliphatic rings. The smallest absolute Gasteiger partial charge is 0.319 e. The molecule has 6 bridgehead atoms. The Kier molecular flexibility index (Phi) is 7.36. The summed E-state index contributed by atoms with van der Waals surface area (Å²) >= 11 is 6.80. The topological polar surface area (TPSA) is 100 Å². The van der Waals surface area contributed by atoms with E-state index in [0.29, 0.717) is 83.8 Å². The predicted molar refractivity (Wildman–Crippen MR) is 168 cm³/mol. The minimum Gasteiger partial charge on any atom is -0.461 e. The van der Waals surface area contributed by atoms with Crippen molar-refractivity contribution < 1.29 is 18.3 Å². The van der Waals surface area contributed by atoms with E-state index < -0.39 is 12.0 Å². The van der Waals surface area contributed by atoms with Gasteiger partial charge >= 0.3 is 6.01 Å². The van der Waals surface area contributed by atoms with E-state index in [1.54, 1.807) is 18.5 Å². The van der Waals surface area contributed by atoms with Gasteiger partial charge in [0.25, 0.3) is 0 Å². The number of anilines is 1. The number of pyridine rings is 1. The third-order valence-corrected chi connectivity index (χ3v) is 10.8. The predicted octanol–water partition coefficient (Wildman–Crippen LogP) is 6.22. The fourth-order valence-corrected chi connectivity index (χ4v) is 8.51. The molecule has 12 heteroatoms. The van der Waals surface area contributed by atoms with Crippen LogP contribution in [0.3, 0.4) is 0 Å². The van der Waals surface area contributed by atoms with E-state index >= 15 is 4.39 Å². The highest BCUT2D eigenvalue weighted by Crippen LogP contribution is 2.42. The van der Waals surface area contributed by atoms with E-state index in [2.05, 4.69) is 25.0 Å². The number of carbonyl (C=O) groups is 1. The van der Waals surface area contributed by atoms with Crippen LogP contribution in [-0.4, -0.2) is 80.3 Å². The third kappa shape index (κ3) is 5.12. The molecular formula is C33H36ClF2N7O2. The lowest BCUT2D eigenvalue weighted by molar-refractivity contribution is -0.119. The molecule has 0 aliphatic carbocycles. The quantitative estimate of drug-likeness (QED) is 0.283. The summed E-state index contributed by atoms with van der Waals surface area (Å²) in [5, 5.41) is 8.81. The molecule has 1 N–H and O–H groups in total. The van der Waals surface area contributed by atoms with Crippen LogP contribution in [-0.2, 0) is 11.2 Å². The van der Waals surface area contributed by atoms with Crippen molar-refractivity contribution in [1.29, 1.82) is 0 Å². The first kappa shape index (κ1) is 29.0. The van der Waals surface area contributed by atoms with Crippen LogP contribution in [0, 0.1) is 11.7 Å². The van der Waals surface area contributed by atoms with Crippen molar-refractivity contribution in [1.82, 2.24) is 30.0 Å². The molecule has 3 atom stereocenters. The van der Waals surface area contributed by atoms with Gasteiger partial charge in [-0.25, -0.2) is 8.78 Å². The summed E-state index contributed by atoms with van der Waals surface area (Å²) in [7, 11) is 0. The second kappa shape index (κ2) is 11.4. The van der Waals surface area contributed by atoms with E-state index in [9.17, 15) is 9.18 Å². The number of halogens is 3. The molecule has 45 heavy (non-hydrogen) atoms. The van der Waals surface area contributed by atoms with E-state index in [-0.39, 0.29) is 35.2 Å². The van der Waals surface area contributed by atoms with Crippen molar-refractivity contribution in [3.05, 3.63) is 34.9 Å². The molecule has 0 radical (unpaired) electrons. The number of Topliss-reactive ketones (excluding diaryl/α,β-unsaturated/α-hetero) is 1. The standard InChI is InChI=1S/C33H36ClF2N7O2/c34-25-12-26-23(15-38-41-26)27-22(25)6-1-5-21(44)8-7-19-4-2-10-42(16-19)31-24-14-37-30(27)28(36)29(24)39-32(40-31)45-18-33-9-3-11-43(33)17-20(35)13-33/h12,14-15,19-20H,1-11,13,16-18H2,(H,38,41)/t19-,20+,33-/m0/s1. The molecular weight excluding hydrogens is 600 g/mol. The Balaban J connectivity index is 1.29. The second-order valence-electron chi connectivity index (χ2n) is 13.3. The summed E-state index contributed by atoms with van der Waals surface area (Å²) in [5.74, 6) is 0.537. The van der Waals surface area contributed by atoms with Gasteiger partial charge in [-0.15, -0.1) is 0 Å². The first-order valence-electron chi connectivity index (χ1n) is 16.2. The van der Waals surface area contributed by atoms with Gasteiger partial charge in [-0.05, 0) is 69.0 Å². The summed E-state index contributed by atoms with van der Waals surface area (Å²) in [6.07, 6.45) is 9.52. The largest absolute Gasteiger partial charge is 0.461 e. The molecule has 0 amide bonds. The summed E-state index contributed by atoms with van der Waals surface area (Å²) < 4.78 is 37.7. The molecule has 3 fully saturated rings.